The highest BCUT2D eigenvalue weighted by atomic mass is 16.6. The molecule has 0 aromatic carbocycles. The zero-order valence-electron chi connectivity index (χ0n) is 13.9. The molecule has 2 aliphatic heterocycles. The van der Waals surface area contributed by atoms with Gasteiger partial charge >= 0.3 is 5.97 Å². The highest BCUT2D eigenvalue weighted by Gasteiger charge is 2.38. The van der Waals surface area contributed by atoms with Crippen molar-refractivity contribution in [2.24, 2.45) is 0 Å². The molecular weight excluding hydrogens is 296 g/mol. The predicted molar refractivity (Wildman–Crippen MR) is 84.1 cm³/mol. The molecule has 0 aliphatic carbocycles. The Morgan fingerprint density at radius 2 is 2.09 bits per heavy atom. The average Bonchev–Trinajstić information content (AvgIpc) is 3.13. The number of cyclic esters (lactones) is 1. The number of rotatable bonds is 3. The van der Waals surface area contributed by atoms with Crippen molar-refractivity contribution in [3.8, 4) is 0 Å². The number of ether oxygens (including phenoxy) is 1. The number of nitrogens with zero attached hydrogens (tertiary/aromatic N) is 3. The first-order valence-electron chi connectivity index (χ1n) is 8.16. The fourth-order valence-electron chi connectivity index (χ4n) is 3.41. The van der Waals surface area contributed by atoms with E-state index in [1.165, 1.54) is 4.90 Å². The van der Waals surface area contributed by atoms with Crippen LogP contribution in [0, 0.1) is 0 Å². The molecule has 1 aromatic rings. The summed E-state index contributed by atoms with van der Waals surface area (Å²) in [5.41, 5.74) is 0.528. The van der Waals surface area contributed by atoms with Gasteiger partial charge in [0, 0.05) is 26.4 Å². The zero-order valence-corrected chi connectivity index (χ0v) is 13.9. The molecule has 0 bridgehead atoms. The molecule has 126 valence electrons. The van der Waals surface area contributed by atoms with Crippen LogP contribution in [0.15, 0.2) is 6.20 Å². The second-order valence-electron chi connectivity index (χ2n) is 6.69. The summed E-state index contributed by atoms with van der Waals surface area (Å²) in [6.07, 6.45) is 4.28. The van der Waals surface area contributed by atoms with Crippen LogP contribution >= 0.6 is 0 Å². The molecule has 0 saturated carbocycles. The lowest BCUT2D eigenvalue weighted by molar-refractivity contribution is -0.145. The number of imidazole rings is 1. The van der Waals surface area contributed by atoms with Crippen LogP contribution in [0.25, 0.3) is 0 Å². The Bertz CT molecular complexity index is 590. The van der Waals surface area contributed by atoms with E-state index < -0.39 is 0 Å². The Morgan fingerprint density at radius 3 is 2.65 bits per heavy atom. The highest BCUT2D eigenvalue weighted by molar-refractivity contribution is 5.91. The average molecular weight is 320 g/mol. The number of hydrogen-bond donors (Lipinski definition) is 1. The number of H-pyrrole nitrogens is 1. The van der Waals surface area contributed by atoms with Crippen LogP contribution in [0.3, 0.4) is 0 Å². The maximum atomic E-state index is 11.9. The highest BCUT2D eigenvalue weighted by Crippen LogP contribution is 2.30. The first kappa shape index (κ1) is 16.0. The van der Waals surface area contributed by atoms with Gasteiger partial charge < -0.3 is 14.6 Å². The lowest BCUT2D eigenvalue weighted by Gasteiger charge is -2.33. The lowest BCUT2D eigenvalue weighted by Crippen LogP contribution is -2.43. The third kappa shape index (κ3) is 3.24. The molecule has 23 heavy (non-hydrogen) atoms. The van der Waals surface area contributed by atoms with Crippen molar-refractivity contribution in [3.05, 3.63) is 17.7 Å². The Hall–Kier alpha value is -1.89. The van der Waals surface area contributed by atoms with Crippen LogP contribution in [0.4, 0.5) is 0 Å². The lowest BCUT2D eigenvalue weighted by atomic mass is 9.94. The number of hydrogen-bond acceptors (Lipinski definition) is 5. The number of nitrogens with one attached hydrogen (secondary N) is 1. The van der Waals surface area contributed by atoms with Crippen molar-refractivity contribution >= 4 is 11.9 Å². The Labute approximate surface area is 136 Å². The molecule has 2 aliphatic rings. The topological polar surface area (TPSA) is 78.5 Å². The van der Waals surface area contributed by atoms with Gasteiger partial charge in [-0.2, -0.15) is 0 Å². The Morgan fingerprint density at radius 1 is 1.39 bits per heavy atom. The van der Waals surface area contributed by atoms with Gasteiger partial charge in [-0.1, -0.05) is 0 Å². The van der Waals surface area contributed by atoms with Crippen LogP contribution in [0.1, 0.15) is 48.4 Å². The Kier molecular flexibility index (Phi) is 4.39. The first-order chi connectivity index (χ1) is 11.0. The van der Waals surface area contributed by atoms with Crippen LogP contribution in [0.2, 0.25) is 0 Å². The number of aromatic amines is 1. The molecule has 0 spiro atoms. The summed E-state index contributed by atoms with van der Waals surface area (Å²) < 4.78 is 5.25. The van der Waals surface area contributed by atoms with Crippen molar-refractivity contribution in [1.82, 2.24) is 19.8 Å². The second kappa shape index (κ2) is 6.31. The molecule has 1 amide bonds. The quantitative estimate of drug-likeness (QED) is 0.841. The van der Waals surface area contributed by atoms with Crippen molar-refractivity contribution < 1.29 is 14.3 Å². The minimum atomic E-state index is -0.0900. The molecule has 1 aromatic heterocycles. The standard InChI is InChI=1S/C16H24N4O3/c1-10-8-13(16(22)23-10)20-6-4-11(5-7-20)14-17-9-12(18-14)15(21)19(2)3/h9-11,13H,4-8H2,1-3H3,(H,17,18). The van der Waals surface area contributed by atoms with Crippen LogP contribution in [-0.2, 0) is 9.53 Å². The van der Waals surface area contributed by atoms with E-state index >= 15 is 0 Å². The molecule has 2 fully saturated rings. The van der Waals surface area contributed by atoms with Crippen molar-refractivity contribution in [3.63, 3.8) is 0 Å². The van der Waals surface area contributed by atoms with Crippen molar-refractivity contribution in [2.45, 2.75) is 44.2 Å². The number of carbonyl (C=O) groups excluding carboxylic acids is 2. The van der Waals surface area contributed by atoms with E-state index in [2.05, 4.69) is 14.9 Å². The number of carbonyl (C=O) groups is 2. The van der Waals surface area contributed by atoms with E-state index in [9.17, 15) is 9.59 Å². The van der Waals surface area contributed by atoms with Gasteiger partial charge in [-0.05, 0) is 32.9 Å². The molecule has 2 saturated heterocycles. The van der Waals surface area contributed by atoms with E-state index in [-0.39, 0.29) is 24.0 Å². The normalized spacial score (nSPS) is 26.3. The summed E-state index contributed by atoms with van der Waals surface area (Å²) in [4.78, 5) is 35.1. The number of likely N-dealkylation sites (tertiary alicyclic amines) is 1. The summed E-state index contributed by atoms with van der Waals surface area (Å²) in [6, 6.07) is -0.0894. The fraction of sp³-hybridized carbons (Fsp3) is 0.688. The molecule has 3 rings (SSSR count). The minimum absolute atomic E-state index is 0.0231. The molecule has 2 atom stereocenters. The fourth-order valence-corrected chi connectivity index (χ4v) is 3.41. The predicted octanol–water partition coefficient (Wildman–Crippen LogP) is 0.995. The number of amides is 1. The summed E-state index contributed by atoms with van der Waals surface area (Å²) >= 11 is 0. The van der Waals surface area contributed by atoms with Gasteiger partial charge in [-0.3, -0.25) is 14.5 Å². The van der Waals surface area contributed by atoms with Crippen LogP contribution < -0.4 is 0 Å². The van der Waals surface area contributed by atoms with E-state index in [4.69, 9.17) is 4.74 Å². The summed E-state index contributed by atoms with van der Waals surface area (Å²) in [5.74, 6) is 1.03. The van der Waals surface area contributed by atoms with Gasteiger partial charge in [0.15, 0.2) is 0 Å². The molecule has 0 radical (unpaired) electrons. The summed E-state index contributed by atoms with van der Waals surface area (Å²) in [7, 11) is 3.45. The SMILES string of the molecule is CC1CC(N2CCC(c3ncc(C(=O)N(C)C)[nH]3)CC2)C(=O)O1. The van der Waals surface area contributed by atoms with Gasteiger partial charge in [-0.15, -0.1) is 0 Å². The van der Waals surface area contributed by atoms with Gasteiger partial charge in [0.25, 0.3) is 5.91 Å². The second-order valence-corrected chi connectivity index (χ2v) is 6.69. The smallest absolute Gasteiger partial charge is 0.323 e. The van der Waals surface area contributed by atoms with E-state index in [0.717, 1.165) is 38.2 Å². The van der Waals surface area contributed by atoms with Crippen molar-refractivity contribution in [1.29, 1.82) is 0 Å². The maximum Gasteiger partial charge on any atom is 0.323 e. The first-order valence-corrected chi connectivity index (χ1v) is 8.16. The third-order valence-electron chi connectivity index (χ3n) is 4.73. The molecule has 7 nitrogen and oxygen atoms in total. The molecular formula is C16H24N4O3. The number of esters is 1. The molecule has 1 N–H and O–H groups in total. The van der Waals surface area contributed by atoms with E-state index in [0.29, 0.717) is 11.6 Å². The van der Waals surface area contributed by atoms with Gasteiger partial charge in [0.1, 0.15) is 23.7 Å². The van der Waals surface area contributed by atoms with E-state index in [1.54, 1.807) is 20.3 Å². The van der Waals surface area contributed by atoms with Gasteiger partial charge in [0.2, 0.25) is 0 Å². The largest absolute Gasteiger partial charge is 0.461 e. The van der Waals surface area contributed by atoms with Crippen LogP contribution in [-0.4, -0.2) is 71.0 Å². The number of piperidine rings is 1. The molecule has 2 unspecified atom stereocenters. The van der Waals surface area contributed by atoms with E-state index in [1.807, 2.05) is 6.92 Å². The summed E-state index contributed by atoms with van der Waals surface area (Å²) in [5, 5.41) is 0. The molecule has 7 heteroatoms. The van der Waals surface area contributed by atoms with Gasteiger partial charge in [0.05, 0.1) is 6.20 Å². The maximum absolute atomic E-state index is 11.9. The molecule has 3 heterocycles. The van der Waals surface area contributed by atoms with Crippen molar-refractivity contribution in [2.75, 3.05) is 27.2 Å². The monoisotopic (exact) mass is 320 g/mol. The Balaban J connectivity index is 1.59. The van der Waals surface area contributed by atoms with Gasteiger partial charge in [-0.25, -0.2) is 4.98 Å². The third-order valence-corrected chi connectivity index (χ3v) is 4.73. The van der Waals surface area contributed by atoms with Crippen LogP contribution in [0.5, 0.6) is 0 Å². The number of aromatic nitrogens is 2. The minimum Gasteiger partial charge on any atom is -0.461 e. The summed E-state index contributed by atoms with van der Waals surface area (Å²) in [6.45, 7) is 3.65. The zero-order chi connectivity index (χ0) is 16.6.